The number of methoxy groups -OCH3 is 1. The molecule has 1 atom stereocenters. The quantitative estimate of drug-likeness (QED) is 0.620. The molecule has 0 saturated carbocycles. The number of halogens is 1. The number of hydrogen-bond donors (Lipinski definition) is 0. The molecule has 1 aromatic carbocycles. The Morgan fingerprint density at radius 2 is 2.03 bits per heavy atom. The van der Waals surface area contributed by atoms with E-state index in [0.29, 0.717) is 74.3 Å². The summed E-state index contributed by atoms with van der Waals surface area (Å²) >= 11 is 0. The molecule has 35 heavy (non-hydrogen) atoms. The molecule has 0 radical (unpaired) electrons. The third kappa shape index (κ3) is 4.80. The summed E-state index contributed by atoms with van der Waals surface area (Å²) in [6, 6.07) is 5.23. The Labute approximate surface area is 206 Å². The first kappa shape index (κ1) is 23.8. The molecule has 0 spiro atoms. The van der Waals surface area contributed by atoms with Gasteiger partial charge in [-0.3, -0.25) is 9.00 Å². The summed E-state index contributed by atoms with van der Waals surface area (Å²) in [7, 11) is 0.769. The molecule has 2 aromatic rings. The third-order valence-electron chi connectivity index (χ3n) is 6.89. The molecule has 1 amide bonds. The number of carbonyl (C=O) groups excluding carboxylic acids is 1. The minimum Gasteiger partial charge on any atom is -0.489 e. The van der Waals surface area contributed by atoms with Gasteiger partial charge >= 0.3 is 0 Å². The molecular formula is C25H30FN3O5S. The minimum atomic E-state index is -0.798. The van der Waals surface area contributed by atoms with E-state index in [0.717, 1.165) is 11.3 Å². The van der Waals surface area contributed by atoms with Crippen LogP contribution < -0.4 is 19.1 Å². The molecule has 188 valence electrons. The third-order valence-corrected chi connectivity index (χ3v) is 8.28. The summed E-state index contributed by atoms with van der Waals surface area (Å²) in [6.45, 7) is 3.80. The van der Waals surface area contributed by atoms with Gasteiger partial charge in [0.2, 0.25) is 11.8 Å². The van der Waals surface area contributed by atoms with Gasteiger partial charge in [0.1, 0.15) is 24.1 Å². The van der Waals surface area contributed by atoms with Gasteiger partial charge in [-0.25, -0.2) is 9.37 Å². The van der Waals surface area contributed by atoms with Crippen molar-refractivity contribution in [1.29, 1.82) is 0 Å². The van der Waals surface area contributed by atoms with Gasteiger partial charge in [-0.15, -0.1) is 0 Å². The van der Waals surface area contributed by atoms with Gasteiger partial charge < -0.3 is 24.0 Å². The molecule has 1 unspecified atom stereocenters. The highest BCUT2D eigenvalue weighted by molar-refractivity contribution is 7.85. The molecule has 2 fully saturated rings. The summed E-state index contributed by atoms with van der Waals surface area (Å²) < 4.78 is 44.4. The van der Waals surface area contributed by atoms with Crippen molar-refractivity contribution in [3.63, 3.8) is 0 Å². The van der Waals surface area contributed by atoms with E-state index < -0.39 is 16.6 Å². The van der Waals surface area contributed by atoms with Gasteiger partial charge in [0.05, 0.1) is 32.1 Å². The van der Waals surface area contributed by atoms with Gasteiger partial charge in [0.25, 0.3) is 0 Å². The summed E-state index contributed by atoms with van der Waals surface area (Å²) in [4.78, 5) is 20.9. The van der Waals surface area contributed by atoms with Crippen molar-refractivity contribution in [1.82, 2.24) is 9.88 Å². The topological polar surface area (TPSA) is 81.2 Å². The van der Waals surface area contributed by atoms with Crippen LogP contribution in [0, 0.1) is 18.7 Å². The Balaban J connectivity index is 1.31. The molecule has 4 heterocycles. The molecule has 0 N–H and O–H groups in total. The van der Waals surface area contributed by atoms with E-state index in [1.807, 2.05) is 17.9 Å². The highest BCUT2D eigenvalue weighted by atomic mass is 32.2. The lowest BCUT2D eigenvalue weighted by Crippen LogP contribution is -2.38. The summed E-state index contributed by atoms with van der Waals surface area (Å²) in [5.74, 6) is 1.84. The van der Waals surface area contributed by atoms with Gasteiger partial charge in [-0.1, -0.05) is 0 Å². The van der Waals surface area contributed by atoms with Gasteiger partial charge in [0, 0.05) is 46.8 Å². The number of nitrogens with zero attached hydrogens (tertiary/aromatic N) is 3. The van der Waals surface area contributed by atoms with Gasteiger partial charge in [-0.2, -0.15) is 0 Å². The predicted molar refractivity (Wildman–Crippen MR) is 131 cm³/mol. The molecule has 0 aliphatic carbocycles. The van der Waals surface area contributed by atoms with Crippen LogP contribution in [0.5, 0.6) is 17.4 Å². The Hall–Kier alpha value is -2.88. The lowest BCUT2D eigenvalue weighted by molar-refractivity contribution is -0.135. The second-order valence-electron chi connectivity index (χ2n) is 9.18. The smallest absolute Gasteiger partial charge is 0.225 e. The zero-order chi connectivity index (χ0) is 24.5. The fourth-order valence-electron chi connectivity index (χ4n) is 5.02. The van der Waals surface area contributed by atoms with E-state index >= 15 is 4.39 Å². The van der Waals surface area contributed by atoms with Crippen molar-refractivity contribution in [2.24, 2.45) is 5.92 Å². The molecule has 1 aromatic heterocycles. The van der Waals surface area contributed by atoms with Crippen LogP contribution in [0.15, 0.2) is 24.4 Å². The Bertz CT molecular complexity index is 1140. The van der Waals surface area contributed by atoms with E-state index in [-0.39, 0.29) is 23.7 Å². The maximum Gasteiger partial charge on any atom is 0.225 e. The Kier molecular flexibility index (Phi) is 6.82. The number of anilines is 2. The van der Waals surface area contributed by atoms with Crippen LogP contribution in [0.1, 0.15) is 24.8 Å². The second-order valence-corrected chi connectivity index (χ2v) is 10.9. The Morgan fingerprint density at radius 3 is 2.77 bits per heavy atom. The Morgan fingerprint density at radius 1 is 1.23 bits per heavy atom. The fourth-order valence-corrected chi connectivity index (χ4v) is 6.31. The maximum absolute atomic E-state index is 15.8. The molecule has 10 heteroatoms. The molecule has 3 aliphatic heterocycles. The van der Waals surface area contributed by atoms with Crippen LogP contribution in [0.2, 0.25) is 0 Å². The minimum absolute atomic E-state index is 0.0702. The number of amides is 1. The van der Waals surface area contributed by atoms with Crippen molar-refractivity contribution in [2.75, 3.05) is 49.8 Å². The fraction of sp³-hybridized carbons (Fsp3) is 0.520. The SMILES string of the molecule is COc1ncc(N2CCOc3ccc(OC4CCN(C(=O)C5CCS(=O)CC5)C4)c(F)c32)cc1C. The van der Waals surface area contributed by atoms with E-state index in [2.05, 4.69) is 4.98 Å². The standard InChI is InChI=1S/C25H30FN3O5S/c1-16-13-18(14-27-24(16)32-2)29-9-10-33-21-4-3-20(22(26)23(21)29)34-19-5-8-28(15-19)25(30)17-6-11-35(31)12-7-17/h3-4,13-14,17,19H,5-12,15H2,1-2H3. The van der Waals surface area contributed by atoms with E-state index in [4.69, 9.17) is 14.2 Å². The van der Waals surface area contributed by atoms with Crippen LogP contribution in [-0.4, -0.2) is 71.0 Å². The number of pyridine rings is 1. The largest absolute Gasteiger partial charge is 0.489 e. The highest BCUT2D eigenvalue weighted by Crippen LogP contribution is 2.43. The molecule has 0 bridgehead atoms. The normalized spacial score (nSPS) is 24.0. The first-order chi connectivity index (χ1) is 16.9. The number of likely N-dealkylation sites (tertiary alicyclic amines) is 1. The number of ether oxygens (including phenoxy) is 3. The van der Waals surface area contributed by atoms with Crippen molar-refractivity contribution in [2.45, 2.75) is 32.3 Å². The molecule has 5 rings (SSSR count). The van der Waals surface area contributed by atoms with Crippen LogP contribution in [0.25, 0.3) is 0 Å². The molecular weight excluding hydrogens is 473 g/mol. The predicted octanol–water partition coefficient (Wildman–Crippen LogP) is 3.21. The van der Waals surface area contributed by atoms with Crippen LogP contribution in [-0.2, 0) is 15.6 Å². The lowest BCUT2D eigenvalue weighted by atomic mass is 10.0. The number of rotatable bonds is 5. The van der Waals surface area contributed by atoms with Crippen molar-refractivity contribution in [3.8, 4) is 17.4 Å². The van der Waals surface area contributed by atoms with E-state index in [1.54, 1.807) is 30.3 Å². The highest BCUT2D eigenvalue weighted by Gasteiger charge is 2.34. The second kappa shape index (κ2) is 10.0. The molecule has 2 saturated heterocycles. The number of benzene rings is 1. The first-order valence-corrected chi connectivity index (χ1v) is 13.5. The van der Waals surface area contributed by atoms with Gasteiger partial charge in [0.15, 0.2) is 11.6 Å². The number of hydrogen-bond acceptors (Lipinski definition) is 7. The zero-order valence-electron chi connectivity index (χ0n) is 20.0. The number of aryl methyl sites for hydroxylation is 1. The first-order valence-electron chi connectivity index (χ1n) is 12.0. The number of fused-ring (bicyclic) bond motifs is 1. The van der Waals surface area contributed by atoms with E-state index in [9.17, 15) is 9.00 Å². The van der Waals surface area contributed by atoms with Crippen molar-refractivity contribution in [3.05, 3.63) is 35.8 Å². The van der Waals surface area contributed by atoms with Crippen molar-refractivity contribution < 1.29 is 27.6 Å². The zero-order valence-corrected chi connectivity index (χ0v) is 20.8. The van der Waals surface area contributed by atoms with Gasteiger partial charge in [-0.05, 0) is 38.0 Å². The number of carbonyl (C=O) groups is 1. The molecule has 3 aliphatic rings. The maximum atomic E-state index is 15.8. The summed E-state index contributed by atoms with van der Waals surface area (Å²) in [6.07, 6.45) is 3.36. The molecule has 8 nitrogen and oxygen atoms in total. The monoisotopic (exact) mass is 503 g/mol. The average Bonchev–Trinajstić information content (AvgIpc) is 3.34. The van der Waals surface area contributed by atoms with Crippen LogP contribution >= 0.6 is 0 Å². The average molecular weight is 504 g/mol. The van der Waals surface area contributed by atoms with Crippen molar-refractivity contribution >= 4 is 28.1 Å². The van der Waals surface area contributed by atoms with Crippen LogP contribution in [0.3, 0.4) is 0 Å². The lowest BCUT2D eigenvalue weighted by Gasteiger charge is -2.32. The number of aromatic nitrogens is 1. The van der Waals surface area contributed by atoms with Crippen LogP contribution in [0.4, 0.5) is 15.8 Å². The summed E-state index contributed by atoms with van der Waals surface area (Å²) in [5, 5.41) is 0. The van der Waals surface area contributed by atoms with E-state index in [1.165, 1.54) is 0 Å². The summed E-state index contributed by atoms with van der Waals surface area (Å²) in [5.41, 5.74) is 1.92.